The third kappa shape index (κ3) is 4.00. The second kappa shape index (κ2) is 8.40. The van der Waals surface area contributed by atoms with Crippen molar-refractivity contribution in [2.75, 3.05) is 31.1 Å². The lowest BCUT2D eigenvalue weighted by Crippen LogP contribution is -2.51. The molecular weight excluding hydrogens is 378 g/mol. The molecule has 2 aromatic heterocycles. The molecule has 0 bridgehead atoms. The van der Waals surface area contributed by atoms with Gasteiger partial charge < -0.3 is 19.0 Å². The number of nitrogens with zero attached hydrogens (tertiary/aromatic N) is 3. The minimum Gasteiger partial charge on any atom is -0.508 e. The predicted octanol–water partition coefficient (Wildman–Crippen LogP) is 3.85. The van der Waals surface area contributed by atoms with E-state index in [-0.39, 0.29) is 17.6 Å². The SMILES string of the molecule is Cc1cc(C(=O)[C@@H](C)N2CCN(c3ccc(O)cc3)CC2)c(C)n1Cc1ccco1. The number of carbonyl (C=O) groups excluding carboxylic acids is 1. The summed E-state index contributed by atoms with van der Waals surface area (Å²) in [4.78, 5) is 17.9. The van der Waals surface area contributed by atoms with E-state index in [9.17, 15) is 9.90 Å². The van der Waals surface area contributed by atoms with Gasteiger partial charge in [-0.05, 0) is 63.2 Å². The third-order valence-corrected chi connectivity index (χ3v) is 6.19. The summed E-state index contributed by atoms with van der Waals surface area (Å²) in [6.45, 7) is 10.1. The average molecular weight is 408 g/mol. The number of carbonyl (C=O) groups is 1. The van der Waals surface area contributed by atoms with Crippen molar-refractivity contribution < 1.29 is 14.3 Å². The molecule has 1 fully saturated rings. The molecule has 0 radical (unpaired) electrons. The second-order valence-corrected chi connectivity index (χ2v) is 8.03. The van der Waals surface area contributed by atoms with Crippen molar-refractivity contribution in [3.05, 3.63) is 71.4 Å². The van der Waals surface area contributed by atoms with Crippen molar-refractivity contribution in [2.24, 2.45) is 0 Å². The maximum atomic E-state index is 13.3. The molecule has 3 aromatic rings. The van der Waals surface area contributed by atoms with E-state index in [2.05, 4.69) is 14.4 Å². The van der Waals surface area contributed by atoms with Crippen LogP contribution >= 0.6 is 0 Å². The summed E-state index contributed by atoms with van der Waals surface area (Å²) in [5, 5.41) is 9.48. The Bertz CT molecular complexity index is 997. The van der Waals surface area contributed by atoms with Crippen LogP contribution in [-0.2, 0) is 6.54 Å². The number of anilines is 1. The normalized spacial score (nSPS) is 16.0. The molecule has 30 heavy (non-hydrogen) atoms. The fourth-order valence-electron chi connectivity index (χ4n) is 4.27. The zero-order valence-corrected chi connectivity index (χ0v) is 17.8. The molecular formula is C24H29N3O3. The van der Waals surface area contributed by atoms with Gasteiger partial charge in [-0.15, -0.1) is 0 Å². The molecule has 1 aliphatic rings. The zero-order valence-electron chi connectivity index (χ0n) is 17.8. The van der Waals surface area contributed by atoms with E-state index >= 15 is 0 Å². The number of aryl methyl sites for hydroxylation is 1. The number of furan rings is 1. The highest BCUT2D eigenvalue weighted by Gasteiger charge is 2.28. The molecule has 0 spiro atoms. The van der Waals surface area contributed by atoms with Gasteiger partial charge in [0.15, 0.2) is 5.78 Å². The number of phenols is 1. The number of ketones is 1. The Morgan fingerprint density at radius 3 is 2.43 bits per heavy atom. The largest absolute Gasteiger partial charge is 0.508 e. The van der Waals surface area contributed by atoms with Crippen LogP contribution in [0.5, 0.6) is 5.75 Å². The van der Waals surface area contributed by atoms with E-state index < -0.39 is 0 Å². The summed E-state index contributed by atoms with van der Waals surface area (Å²) >= 11 is 0. The predicted molar refractivity (Wildman–Crippen MR) is 117 cm³/mol. The summed E-state index contributed by atoms with van der Waals surface area (Å²) in [5.41, 5.74) is 3.96. The van der Waals surface area contributed by atoms with Crippen molar-refractivity contribution >= 4 is 11.5 Å². The molecule has 0 amide bonds. The number of benzene rings is 1. The molecule has 1 saturated heterocycles. The minimum absolute atomic E-state index is 0.162. The molecule has 1 atom stereocenters. The number of phenolic OH excluding ortho intramolecular Hbond substituents is 1. The standard InChI is InChI=1S/C24H29N3O3/c1-17-15-23(18(2)27(17)16-22-5-4-14-30-22)24(29)19(3)25-10-12-26(13-11-25)20-6-8-21(28)9-7-20/h4-9,14-15,19,28H,10-13,16H2,1-3H3/t19-/m1/s1. The Hall–Kier alpha value is -2.99. The summed E-state index contributed by atoms with van der Waals surface area (Å²) in [7, 11) is 0. The highest BCUT2D eigenvalue weighted by molar-refractivity contribution is 6.01. The van der Waals surface area contributed by atoms with Crippen LogP contribution in [0.15, 0.2) is 53.1 Å². The summed E-state index contributed by atoms with van der Waals surface area (Å²) < 4.78 is 7.62. The van der Waals surface area contributed by atoms with Gasteiger partial charge >= 0.3 is 0 Å². The van der Waals surface area contributed by atoms with Crippen molar-refractivity contribution in [3.63, 3.8) is 0 Å². The fraction of sp³-hybridized carbons (Fsp3) is 0.375. The smallest absolute Gasteiger partial charge is 0.181 e. The Labute approximate surface area is 177 Å². The molecule has 3 heterocycles. The third-order valence-electron chi connectivity index (χ3n) is 6.19. The maximum Gasteiger partial charge on any atom is 0.181 e. The Morgan fingerprint density at radius 1 is 1.10 bits per heavy atom. The van der Waals surface area contributed by atoms with E-state index in [0.717, 1.165) is 54.6 Å². The highest BCUT2D eigenvalue weighted by Crippen LogP contribution is 2.23. The number of aromatic hydroxyl groups is 1. The van der Waals surface area contributed by atoms with Gasteiger partial charge in [0.1, 0.15) is 11.5 Å². The van der Waals surface area contributed by atoms with Crippen LogP contribution in [0.4, 0.5) is 5.69 Å². The Kier molecular flexibility index (Phi) is 5.68. The monoisotopic (exact) mass is 407 g/mol. The van der Waals surface area contributed by atoms with E-state index in [1.165, 1.54) is 0 Å². The first-order valence-corrected chi connectivity index (χ1v) is 10.5. The van der Waals surface area contributed by atoms with Gasteiger partial charge in [-0.2, -0.15) is 0 Å². The molecule has 158 valence electrons. The van der Waals surface area contributed by atoms with Crippen LogP contribution in [-0.4, -0.2) is 52.6 Å². The number of rotatable bonds is 6. The van der Waals surface area contributed by atoms with Gasteiger partial charge in [-0.3, -0.25) is 9.69 Å². The minimum atomic E-state index is -0.162. The Morgan fingerprint density at radius 2 is 1.80 bits per heavy atom. The molecule has 1 aliphatic heterocycles. The highest BCUT2D eigenvalue weighted by atomic mass is 16.3. The van der Waals surface area contributed by atoms with Crippen LogP contribution in [0, 0.1) is 13.8 Å². The van der Waals surface area contributed by atoms with Gasteiger partial charge in [0.2, 0.25) is 0 Å². The second-order valence-electron chi connectivity index (χ2n) is 8.03. The van der Waals surface area contributed by atoms with E-state index in [0.29, 0.717) is 6.54 Å². The lowest BCUT2D eigenvalue weighted by atomic mass is 10.0. The summed E-state index contributed by atoms with van der Waals surface area (Å²) in [6, 6.07) is 13.0. The van der Waals surface area contributed by atoms with Crippen molar-refractivity contribution in [1.82, 2.24) is 9.47 Å². The van der Waals surface area contributed by atoms with Crippen LogP contribution in [0.2, 0.25) is 0 Å². The van der Waals surface area contributed by atoms with E-state index in [1.807, 2.05) is 51.1 Å². The van der Waals surface area contributed by atoms with Gasteiger partial charge in [-0.25, -0.2) is 0 Å². The fourth-order valence-corrected chi connectivity index (χ4v) is 4.27. The number of piperazine rings is 1. The van der Waals surface area contributed by atoms with Crippen molar-refractivity contribution in [1.29, 1.82) is 0 Å². The molecule has 1 N–H and O–H groups in total. The van der Waals surface area contributed by atoms with E-state index in [4.69, 9.17) is 4.42 Å². The lowest BCUT2D eigenvalue weighted by molar-refractivity contribution is 0.0829. The molecule has 4 rings (SSSR count). The van der Waals surface area contributed by atoms with Crippen LogP contribution < -0.4 is 4.90 Å². The first kappa shape index (κ1) is 20.3. The molecule has 6 nitrogen and oxygen atoms in total. The molecule has 6 heteroatoms. The first-order chi connectivity index (χ1) is 14.4. The Balaban J connectivity index is 1.42. The topological polar surface area (TPSA) is 61.9 Å². The molecule has 0 saturated carbocycles. The quantitative estimate of drug-likeness (QED) is 0.629. The van der Waals surface area contributed by atoms with Gasteiger partial charge in [0, 0.05) is 48.8 Å². The van der Waals surface area contributed by atoms with E-state index in [1.54, 1.807) is 18.4 Å². The zero-order chi connectivity index (χ0) is 21.3. The van der Waals surface area contributed by atoms with Gasteiger partial charge in [0.05, 0.1) is 18.8 Å². The van der Waals surface area contributed by atoms with Gasteiger partial charge in [-0.1, -0.05) is 0 Å². The molecule has 1 aromatic carbocycles. The summed E-state index contributed by atoms with van der Waals surface area (Å²) in [5.74, 6) is 1.34. The first-order valence-electron chi connectivity index (χ1n) is 10.5. The van der Waals surface area contributed by atoms with Crippen molar-refractivity contribution in [3.8, 4) is 5.75 Å². The average Bonchev–Trinajstić information content (AvgIpc) is 3.37. The van der Waals surface area contributed by atoms with Crippen LogP contribution in [0.25, 0.3) is 0 Å². The lowest BCUT2D eigenvalue weighted by Gasteiger charge is -2.38. The van der Waals surface area contributed by atoms with Crippen LogP contribution in [0.3, 0.4) is 0 Å². The number of Topliss-reactive ketones (excluding diaryl/α,β-unsaturated/α-hetero) is 1. The van der Waals surface area contributed by atoms with Crippen LogP contribution in [0.1, 0.15) is 34.4 Å². The molecule has 0 unspecified atom stereocenters. The van der Waals surface area contributed by atoms with Gasteiger partial charge in [0.25, 0.3) is 0 Å². The number of hydrogen-bond acceptors (Lipinski definition) is 5. The van der Waals surface area contributed by atoms with Crippen molar-refractivity contribution in [2.45, 2.75) is 33.4 Å². The summed E-state index contributed by atoms with van der Waals surface area (Å²) in [6.07, 6.45) is 1.68. The maximum absolute atomic E-state index is 13.3. The number of hydrogen-bond donors (Lipinski definition) is 1. The molecule has 0 aliphatic carbocycles. The number of aromatic nitrogens is 1.